The molecule has 0 spiro atoms. The maximum absolute atomic E-state index is 12.9. The molecule has 1 aliphatic rings. The van der Waals surface area contributed by atoms with Crippen LogP contribution >= 0.6 is 0 Å². The molecule has 0 aliphatic carbocycles. The smallest absolute Gasteiger partial charge is 0.407 e. The molecule has 4 amide bonds. The second-order valence-electron chi connectivity index (χ2n) is 8.53. The highest BCUT2D eigenvalue weighted by molar-refractivity contribution is 5.86. The molecule has 1 saturated heterocycles. The summed E-state index contributed by atoms with van der Waals surface area (Å²) in [5, 5.41) is 8.35. The number of alkyl carbamates (subject to hydrolysis) is 2. The Hall–Kier alpha value is -4.16. The minimum atomic E-state index is -0.857. The van der Waals surface area contributed by atoms with E-state index in [4.69, 9.17) is 9.47 Å². The van der Waals surface area contributed by atoms with Crippen molar-refractivity contribution in [1.29, 1.82) is 0 Å². The van der Waals surface area contributed by atoms with Crippen molar-refractivity contribution < 1.29 is 28.7 Å². The van der Waals surface area contributed by atoms with E-state index in [1.54, 1.807) is 23.9 Å². The van der Waals surface area contributed by atoms with Gasteiger partial charge in [-0.2, -0.15) is 10.0 Å². The quantitative estimate of drug-likeness (QED) is 0.324. The van der Waals surface area contributed by atoms with E-state index in [2.05, 4.69) is 21.5 Å². The van der Waals surface area contributed by atoms with Gasteiger partial charge in [0, 0.05) is 12.8 Å². The van der Waals surface area contributed by atoms with Gasteiger partial charge in [0.1, 0.15) is 12.1 Å². The summed E-state index contributed by atoms with van der Waals surface area (Å²) >= 11 is 0. The zero-order chi connectivity index (χ0) is 27.3. The van der Waals surface area contributed by atoms with Crippen molar-refractivity contribution in [3.63, 3.8) is 0 Å². The first kappa shape index (κ1) is 28.4. The van der Waals surface area contributed by atoms with Crippen LogP contribution in [0.4, 0.5) is 9.59 Å². The highest BCUT2D eigenvalue weighted by atomic mass is 16.6. The first-order chi connectivity index (χ1) is 18.4. The summed E-state index contributed by atoms with van der Waals surface area (Å²) in [4.78, 5) is 49.8. The molecule has 2 unspecified atom stereocenters. The molecule has 1 fully saturated rings. The van der Waals surface area contributed by atoms with Crippen LogP contribution in [-0.4, -0.2) is 72.7 Å². The van der Waals surface area contributed by atoms with E-state index in [1.165, 1.54) is 0 Å². The van der Waals surface area contributed by atoms with Crippen LogP contribution in [0.3, 0.4) is 0 Å². The fourth-order valence-electron chi connectivity index (χ4n) is 3.73. The Morgan fingerprint density at radius 2 is 1.05 bits per heavy atom. The average molecular weight is 527 g/mol. The van der Waals surface area contributed by atoms with E-state index in [0.29, 0.717) is 0 Å². The topological polar surface area (TPSA) is 141 Å². The molecule has 3 rings (SSSR count). The van der Waals surface area contributed by atoms with Crippen LogP contribution in [0, 0.1) is 0 Å². The standard InChI is InChI=1S/C26H34N6O6/c1-3-37-25(35)27-21(15-19-11-7-5-8-12-19)23(33)29-31-17-32(18-31)30-24(34)22(28-26(36)38-4-2)16-20-13-9-6-10-14-20/h5-14,21-22H,3-4,15-18H2,1-2H3,(H,27,35)(H,28,36)(H,29,33)(H,30,34). The van der Waals surface area contributed by atoms with E-state index < -0.39 is 36.1 Å². The largest absolute Gasteiger partial charge is 0.450 e. The van der Waals surface area contributed by atoms with Crippen molar-refractivity contribution in [3.05, 3.63) is 71.8 Å². The van der Waals surface area contributed by atoms with Crippen LogP contribution < -0.4 is 21.5 Å². The van der Waals surface area contributed by atoms with Crippen LogP contribution in [-0.2, 0) is 31.9 Å². The SMILES string of the molecule is CCOC(=O)NC(Cc1ccccc1)C(=O)NN1CN(NC(=O)C(Cc2ccccc2)NC(=O)OCC)C1. The van der Waals surface area contributed by atoms with Crippen molar-refractivity contribution in [2.75, 3.05) is 26.6 Å². The lowest BCUT2D eigenvalue weighted by Crippen LogP contribution is -2.69. The van der Waals surface area contributed by atoms with Gasteiger partial charge in [0.05, 0.1) is 26.6 Å². The van der Waals surface area contributed by atoms with Crippen LogP contribution in [0.25, 0.3) is 0 Å². The van der Waals surface area contributed by atoms with E-state index >= 15 is 0 Å². The van der Waals surface area contributed by atoms with E-state index in [0.717, 1.165) is 11.1 Å². The minimum absolute atomic E-state index is 0.183. The monoisotopic (exact) mass is 526 g/mol. The number of ether oxygens (including phenoxy) is 2. The summed E-state index contributed by atoms with van der Waals surface area (Å²) < 4.78 is 9.87. The van der Waals surface area contributed by atoms with Crippen molar-refractivity contribution in [2.24, 2.45) is 0 Å². The molecular weight excluding hydrogens is 492 g/mol. The fourth-order valence-corrected chi connectivity index (χ4v) is 3.73. The first-order valence-electron chi connectivity index (χ1n) is 12.4. The predicted molar refractivity (Wildman–Crippen MR) is 138 cm³/mol. The Bertz CT molecular complexity index is 981. The lowest BCUT2D eigenvalue weighted by molar-refractivity contribution is -0.153. The molecular formula is C26H34N6O6. The number of carbonyl (C=O) groups is 4. The van der Waals surface area contributed by atoms with E-state index in [1.807, 2.05) is 60.7 Å². The number of amides is 4. The Balaban J connectivity index is 1.53. The average Bonchev–Trinajstić information content (AvgIpc) is 2.88. The maximum Gasteiger partial charge on any atom is 0.407 e. The molecule has 2 atom stereocenters. The summed E-state index contributed by atoms with van der Waals surface area (Å²) in [5.74, 6) is -0.836. The van der Waals surface area contributed by atoms with E-state index in [-0.39, 0.29) is 39.4 Å². The third kappa shape index (κ3) is 9.05. The van der Waals surface area contributed by atoms with Gasteiger partial charge in [-0.1, -0.05) is 60.7 Å². The lowest BCUT2D eigenvalue weighted by Gasteiger charge is -2.42. The molecule has 38 heavy (non-hydrogen) atoms. The minimum Gasteiger partial charge on any atom is -0.450 e. The highest BCUT2D eigenvalue weighted by Crippen LogP contribution is 2.09. The number of carbonyl (C=O) groups excluding carboxylic acids is 4. The number of nitrogens with zero attached hydrogens (tertiary/aromatic N) is 2. The van der Waals surface area contributed by atoms with Gasteiger partial charge in [-0.3, -0.25) is 20.4 Å². The zero-order valence-electron chi connectivity index (χ0n) is 21.5. The predicted octanol–water partition coefficient (Wildman–Crippen LogP) is 1.30. The molecule has 0 bridgehead atoms. The summed E-state index contributed by atoms with van der Waals surface area (Å²) in [6, 6.07) is 16.9. The van der Waals surface area contributed by atoms with Gasteiger partial charge in [0.15, 0.2) is 0 Å². The lowest BCUT2D eigenvalue weighted by atomic mass is 10.1. The third-order valence-corrected chi connectivity index (χ3v) is 5.55. The molecule has 1 heterocycles. The van der Waals surface area contributed by atoms with Crippen LogP contribution in [0.1, 0.15) is 25.0 Å². The maximum atomic E-state index is 12.9. The summed E-state index contributed by atoms with van der Waals surface area (Å²) in [5.41, 5.74) is 7.24. The van der Waals surface area contributed by atoms with Crippen LogP contribution in [0.2, 0.25) is 0 Å². The third-order valence-electron chi connectivity index (χ3n) is 5.55. The first-order valence-corrected chi connectivity index (χ1v) is 12.4. The van der Waals surface area contributed by atoms with Gasteiger partial charge in [0.2, 0.25) is 0 Å². The molecule has 1 aliphatic heterocycles. The number of hydrazine groups is 2. The Kier molecular flexibility index (Phi) is 10.9. The summed E-state index contributed by atoms with van der Waals surface area (Å²) in [7, 11) is 0. The number of benzene rings is 2. The van der Waals surface area contributed by atoms with Gasteiger partial charge in [-0.05, 0) is 25.0 Å². The molecule has 0 radical (unpaired) electrons. The summed E-state index contributed by atoms with van der Waals surface area (Å²) in [6.45, 7) is 4.13. The van der Waals surface area contributed by atoms with Crippen molar-refractivity contribution in [1.82, 2.24) is 31.5 Å². The number of hydrogen-bond acceptors (Lipinski definition) is 8. The molecule has 0 aromatic heterocycles. The fraction of sp³-hybridized carbons (Fsp3) is 0.385. The van der Waals surface area contributed by atoms with Gasteiger partial charge >= 0.3 is 12.2 Å². The molecule has 12 heteroatoms. The Morgan fingerprint density at radius 3 is 1.39 bits per heavy atom. The van der Waals surface area contributed by atoms with Crippen LogP contribution in [0.15, 0.2) is 60.7 Å². The van der Waals surface area contributed by atoms with Gasteiger partial charge < -0.3 is 20.1 Å². The van der Waals surface area contributed by atoms with Crippen molar-refractivity contribution >= 4 is 24.0 Å². The second-order valence-corrected chi connectivity index (χ2v) is 8.53. The zero-order valence-corrected chi connectivity index (χ0v) is 21.5. The van der Waals surface area contributed by atoms with Crippen LogP contribution in [0.5, 0.6) is 0 Å². The number of hydrogen-bond donors (Lipinski definition) is 4. The van der Waals surface area contributed by atoms with E-state index in [9.17, 15) is 19.2 Å². The normalized spacial score (nSPS) is 14.8. The Labute approximate surface area is 221 Å². The molecule has 2 aromatic carbocycles. The number of rotatable bonds is 12. The molecule has 0 saturated carbocycles. The molecule has 204 valence electrons. The van der Waals surface area contributed by atoms with Gasteiger partial charge in [-0.15, -0.1) is 0 Å². The Morgan fingerprint density at radius 1 is 0.684 bits per heavy atom. The summed E-state index contributed by atoms with van der Waals surface area (Å²) in [6.07, 6.45) is -0.805. The highest BCUT2D eigenvalue weighted by Gasteiger charge is 2.32. The second kappa shape index (κ2) is 14.5. The van der Waals surface area contributed by atoms with Crippen molar-refractivity contribution in [2.45, 2.75) is 38.8 Å². The molecule has 2 aromatic rings. The van der Waals surface area contributed by atoms with Gasteiger partial charge in [-0.25, -0.2) is 9.59 Å². The molecule has 4 N–H and O–H groups in total. The number of nitrogens with one attached hydrogen (secondary N) is 4. The van der Waals surface area contributed by atoms with Gasteiger partial charge in [0.25, 0.3) is 11.8 Å². The molecule has 12 nitrogen and oxygen atoms in total. The van der Waals surface area contributed by atoms with Crippen molar-refractivity contribution in [3.8, 4) is 0 Å².